The Bertz CT molecular complexity index is 799. The third kappa shape index (κ3) is 3.62. The van der Waals surface area contributed by atoms with Gasteiger partial charge in [0.15, 0.2) is 0 Å². The van der Waals surface area contributed by atoms with Crippen molar-refractivity contribution in [2.24, 2.45) is 0 Å². The van der Waals surface area contributed by atoms with Gasteiger partial charge >= 0.3 is 0 Å². The van der Waals surface area contributed by atoms with Gasteiger partial charge in [0.05, 0.1) is 18.8 Å². The Labute approximate surface area is 158 Å². The van der Waals surface area contributed by atoms with Crippen LogP contribution in [0.25, 0.3) is 0 Å². The first-order chi connectivity index (χ1) is 13.2. The molecule has 2 heterocycles. The van der Waals surface area contributed by atoms with E-state index in [0.717, 1.165) is 24.0 Å². The van der Waals surface area contributed by atoms with Crippen LogP contribution in [0.4, 0.5) is 4.39 Å². The van der Waals surface area contributed by atoms with Crippen molar-refractivity contribution in [3.05, 3.63) is 71.0 Å². The van der Waals surface area contributed by atoms with Gasteiger partial charge in [-0.3, -0.25) is 4.79 Å². The maximum atomic E-state index is 13.5. The fourth-order valence-electron chi connectivity index (χ4n) is 4.10. The van der Waals surface area contributed by atoms with E-state index in [1.54, 1.807) is 19.2 Å². The Morgan fingerprint density at radius 2 is 1.93 bits per heavy atom. The molecule has 0 aromatic heterocycles. The molecule has 0 aliphatic carbocycles. The minimum absolute atomic E-state index is 0.00776. The van der Waals surface area contributed by atoms with Crippen LogP contribution in [0.5, 0.6) is 0 Å². The molecule has 3 atom stereocenters. The molecule has 2 aliphatic heterocycles. The lowest BCUT2D eigenvalue weighted by Gasteiger charge is -2.40. The summed E-state index contributed by atoms with van der Waals surface area (Å²) >= 11 is 0. The monoisotopic (exact) mass is 369 g/mol. The number of hydrogen-bond donors (Lipinski definition) is 0. The van der Waals surface area contributed by atoms with Crippen molar-refractivity contribution < 1.29 is 18.7 Å². The van der Waals surface area contributed by atoms with Crippen LogP contribution in [0.15, 0.2) is 48.5 Å². The first-order valence-electron chi connectivity index (χ1n) is 9.45. The fourth-order valence-corrected chi connectivity index (χ4v) is 4.10. The number of nitrogens with zero attached hydrogens (tertiary/aromatic N) is 1. The summed E-state index contributed by atoms with van der Waals surface area (Å²) in [6, 6.07) is 14.4. The summed E-state index contributed by atoms with van der Waals surface area (Å²) in [5, 5.41) is 0. The summed E-state index contributed by atoms with van der Waals surface area (Å²) in [4.78, 5) is 15.2. The molecular weight excluding hydrogens is 345 g/mol. The lowest BCUT2D eigenvalue weighted by Crippen LogP contribution is -2.48. The van der Waals surface area contributed by atoms with E-state index in [0.29, 0.717) is 19.6 Å². The number of amides is 1. The number of benzene rings is 2. The Kier molecular flexibility index (Phi) is 5.23. The highest BCUT2D eigenvalue weighted by Gasteiger charge is 2.37. The van der Waals surface area contributed by atoms with Crippen LogP contribution in [0, 0.1) is 5.82 Å². The van der Waals surface area contributed by atoms with Gasteiger partial charge in [0, 0.05) is 13.7 Å². The quantitative estimate of drug-likeness (QED) is 0.831. The number of fused-ring (bicyclic) bond motifs is 1. The van der Waals surface area contributed by atoms with Gasteiger partial charge in [-0.05, 0) is 48.1 Å². The molecule has 0 radical (unpaired) electrons. The first kappa shape index (κ1) is 18.1. The molecule has 1 fully saturated rings. The third-order valence-electron chi connectivity index (χ3n) is 5.60. The van der Waals surface area contributed by atoms with E-state index in [9.17, 15) is 9.18 Å². The molecule has 0 saturated carbocycles. The van der Waals surface area contributed by atoms with E-state index < -0.39 is 6.10 Å². The average Bonchev–Trinajstić information content (AvgIpc) is 2.73. The van der Waals surface area contributed by atoms with Gasteiger partial charge in [-0.2, -0.15) is 0 Å². The fraction of sp³-hybridized carbons (Fsp3) is 0.409. The molecule has 1 saturated heterocycles. The van der Waals surface area contributed by atoms with E-state index >= 15 is 0 Å². The SMILES string of the molecule is CO[C@@H]1CC[C@H](C(=O)N2CCc3ccccc3[C@@H]2c2ccc(F)cc2)OC1. The molecule has 2 aromatic carbocycles. The molecule has 1 amide bonds. The zero-order valence-electron chi connectivity index (χ0n) is 15.4. The van der Waals surface area contributed by atoms with Gasteiger partial charge in [0.25, 0.3) is 5.91 Å². The van der Waals surface area contributed by atoms with Gasteiger partial charge in [-0.1, -0.05) is 36.4 Å². The van der Waals surface area contributed by atoms with E-state index in [1.807, 2.05) is 17.0 Å². The van der Waals surface area contributed by atoms with Crippen LogP contribution in [0.3, 0.4) is 0 Å². The van der Waals surface area contributed by atoms with E-state index in [4.69, 9.17) is 9.47 Å². The second-order valence-electron chi connectivity index (χ2n) is 7.19. The van der Waals surface area contributed by atoms with Crippen molar-refractivity contribution in [3.8, 4) is 0 Å². The standard InChI is InChI=1S/C22H24FNO3/c1-26-18-10-11-20(27-14-18)22(25)24-13-12-15-4-2-3-5-19(15)21(24)16-6-8-17(23)9-7-16/h2-9,18,20-21H,10-14H2,1H3/t18-,20-,21+/m1/s1. The molecule has 0 spiro atoms. The largest absolute Gasteiger partial charge is 0.379 e. The van der Waals surface area contributed by atoms with Gasteiger partial charge in [-0.25, -0.2) is 4.39 Å². The molecule has 0 N–H and O–H groups in total. The summed E-state index contributed by atoms with van der Waals surface area (Å²) in [6.45, 7) is 1.07. The van der Waals surface area contributed by atoms with Crippen molar-refractivity contribution in [2.75, 3.05) is 20.3 Å². The minimum atomic E-state index is -0.440. The molecule has 2 aliphatic rings. The molecule has 4 nitrogen and oxygen atoms in total. The maximum absolute atomic E-state index is 13.5. The van der Waals surface area contributed by atoms with Crippen LogP contribution < -0.4 is 0 Å². The molecule has 0 unspecified atom stereocenters. The van der Waals surface area contributed by atoms with Gasteiger partial charge in [0.1, 0.15) is 11.9 Å². The Hall–Kier alpha value is -2.24. The summed E-state index contributed by atoms with van der Waals surface area (Å²) in [5.41, 5.74) is 3.26. The van der Waals surface area contributed by atoms with E-state index in [1.165, 1.54) is 17.7 Å². The number of rotatable bonds is 3. The summed E-state index contributed by atoms with van der Waals surface area (Å²) < 4.78 is 24.6. The minimum Gasteiger partial charge on any atom is -0.379 e. The summed E-state index contributed by atoms with van der Waals surface area (Å²) in [7, 11) is 1.67. The van der Waals surface area contributed by atoms with Crippen molar-refractivity contribution in [1.82, 2.24) is 4.90 Å². The van der Waals surface area contributed by atoms with Gasteiger partial charge in [0.2, 0.25) is 0 Å². The number of carbonyl (C=O) groups excluding carboxylic acids is 1. The molecule has 27 heavy (non-hydrogen) atoms. The van der Waals surface area contributed by atoms with Crippen molar-refractivity contribution in [3.63, 3.8) is 0 Å². The van der Waals surface area contributed by atoms with Crippen LogP contribution in [-0.4, -0.2) is 43.3 Å². The number of ether oxygens (including phenoxy) is 2. The zero-order valence-corrected chi connectivity index (χ0v) is 15.4. The molecule has 2 aromatic rings. The first-order valence-corrected chi connectivity index (χ1v) is 9.45. The zero-order chi connectivity index (χ0) is 18.8. The van der Waals surface area contributed by atoms with Crippen molar-refractivity contribution >= 4 is 5.91 Å². The van der Waals surface area contributed by atoms with Gasteiger partial charge < -0.3 is 14.4 Å². The van der Waals surface area contributed by atoms with Crippen molar-refractivity contribution in [1.29, 1.82) is 0 Å². The van der Waals surface area contributed by atoms with Crippen LogP contribution in [-0.2, 0) is 20.7 Å². The lowest BCUT2D eigenvalue weighted by atomic mass is 9.87. The Morgan fingerprint density at radius 1 is 1.15 bits per heavy atom. The highest BCUT2D eigenvalue weighted by atomic mass is 19.1. The second kappa shape index (κ2) is 7.79. The number of halogens is 1. The predicted molar refractivity (Wildman–Crippen MR) is 99.9 cm³/mol. The van der Waals surface area contributed by atoms with Crippen LogP contribution in [0.2, 0.25) is 0 Å². The number of hydrogen-bond acceptors (Lipinski definition) is 3. The second-order valence-corrected chi connectivity index (χ2v) is 7.19. The van der Waals surface area contributed by atoms with E-state index in [2.05, 4.69) is 12.1 Å². The molecule has 5 heteroatoms. The van der Waals surface area contributed by atoms with Crippen LogP contribution >= 0.6 is 0 Å². The molecular formula is C22H24FNO3. The highest BCUT2D eigenvalue weighted by molar-refractivity contribution is 5.82. The predicted octanol–water partition coefficient (Wildman–Crippen LogP) is 3.49. The van der Waals surface area contributed by atoms with Gasteiger partial charge in [-0.15, -0.1) is 0 Å². The average molecular weight is 369 g/mol. The Balaban J connectivity index is 1.64. The third-order valence-corrected chi connectivity index (χ3v) is 5.60. The Morgan fingerprint density at radius 3 is 2.63 bits per heavy atom. The topological polar surface area (TPSA) is 38.8 Å². The molecule has 4 rings (SSSR count). The smallest absolute Gasteiger partial charge is 0.252 e. The maximum Gasteiger partial charge on any atom is 0.252 e. The van der Waals surface area contributed by atoms with Crippen LogP contribution in [0.1, 0.15) is 35.6 Å². The van der Waals surface area contributed by atoms with E-state index in [-0.39, 0.29) is 23.9 Å². The number of methoxy groups -OCH3 is 1. The lowest BCUT2D eigenvalue weighted by molar-refractivity contribution is -0.154. The highest BCUT2D eigenvalue weighted by Crippen LogP contribution is 2.36. The summed E-state index contributed by atoms with van der Waals surface area (Å²) in [5.74, 6) is -0.268. The molecule has 142 valence electrons. The summed E-state index contributed by atoms with van der Waals surface area (Å²) in [6.07, 6.45) is 1.91. The van der Waals surface area contributed by atoms with Crippen molar-refractivity contribution in [2.45, 2.75) is 37.5 Å². The normalized spacial score (nSPS) is 25.1. The molecule has 0 bridgehead atoms. The number of carbonyl (C=O) groups is 1.